The summed E-state index contributed by atoms with van der Waals surface area (Å²) >= 11 is 4.83. The third-order valence-electron chi connectivity index (χ3n) is 2.27. The van der Waals surface area contributed by atoms with Crippen molar-refractivity contribution in [3.63, 3.8) is 0 Å². The molecule has 1 aromatic heterocycles. The van der Waals surface area contributed by atoms with Crippen molar-refractivity contribution in [2.45, 2.75) is 0 Å². The molecule has 0 aliphatic rings. The van der Waals surface area contributed by atoms with Gasteiger partial charge in [0.05, 0.1) is 30.8 Å². The number of nitrogens with two attached hydrogens (primary N) is 1. The largest absolute Gasteiger partial charge is 0.388 e. The van der Waals surface area contributed by atoms with E-state index in [1.807, 2.05) is 20.2 Å². The minimum atomic E-state index is 0.313. The molecule has 3 N–H and O–H groups in total. The number of rotatable bonds is 8. The Balaban J connectivity index is 2.17. The van der Waals surface area contributed by atoms with Gasteiger partial charge in [0.1, 0.15) is 4.99 Å². The van der Waals surface area contributed by atoms with E-state index in [-0.39, 0.29) is 0 Å². The molecular weight excluding hydrogens is 248 g/mol. The highest BCUT2D eigenvalue weighted by Gasteiger charge is 1.98. The zero-order valence-electron chi connectivity index (χ0n) is 10.8. The van der Waals surface area contributed by atoms with Gasteiger partial charge in [0, 0.05) is 13.1 Å². The molecule has 1 rings (SSSR count). The molecular formula is C12H20N4OS. The predicted molar refractivity (Wildman–Crippen MR) is 78.0 cm³/mol. The maximum absolute atomic E-state index is 5.47. The van der Waals surface area contributed by atoms with E-state index in [1.54, 1.807) is 12.3 Å². The zero-order chi connectivity index (χ0) is 13.4. The van der Waals surface area contributed by atoms with Gasteiger partial charge in [-0.05, 0) is 26.2 Å². The zero-order valence-corrected chi connectivity index (χ0v) is 11.7. The quantitative estimate of drug-likeness (QED) is 0.535. The second-order valence-electron chi connectivity index (χ2n) is 4.14. The van der Waals surface area contributed by atoms with Gasteiger partial charge in [-0.3, -0.25) is 4.98 Å². The number of nitrogens with one attached hydrogen (secondary N) is 1. The molecule has 0 amide bonds. The van der Waals surface area contributed by atoms with Gasteiger partial charge in [-0.1, -0.05) is 12.2 Å². The Morgan fingerprint density at radius 3 is 2.78 bits per heavy atom. The van der Waals surface area contributed by atoms with Gasteiger partial charge in [-0.2, -0.15) is 0 Å². The lowest BCUT2D eigenvalue weighted by molar-refractivity contribution is 0.126. The first-order chi connectivity index (χ1) is 8.59. The average molecular weight is 268 g/mol. The van der Waals surface area contributed by atoms with Crippen LogP contribution in [0.25, 0.3) is 0 Å². The molecule has 0 aromatic carbocycles. The molecule has 100 valence electrons. The van der Waals surface area contributed by atoms with Crippen molar-refractivity contribution in [1.82, 2.24) is 9.88 Å². The van der Waals surface area contributed by atoms with Gasteiger partial charge < -0.3 is 20.7 Å². The third-order valence-corrected chi connectivity index (χ3v) is 2.48. The number of hydrogen-bond acceptors (Lipinski definition) is 5. The van der Waals surface area contributed by atoms with Crippen molar-refractivity contribution in [2.24, 2.45) is 5.73 Å². The van der Waals surface area contributed by atoms with Crippen molar-refractivity contribution in [3.8, 4) is 0 Å². The lowest BCUT2D eigenvalue weighted by atomic mass is 10.3. The molecule has 0 aliphatic carbocycles. The Hall–Kier alpha value is -1.24. The maximum Gasteiger partial charge on any atom is 0.122 e. The first kappa shape index (κ1) is 14.8. The molecule has 5 nitrogen and oxygen atoms in total. The first-order valence-electron chi connectivity index (χ1n) is 5.82. The van der Waals surface area contributed by atoms with Crippen molar-refractivity contribution in [1.29, 1.82) is 0 Å². The van der Waals surface area contributed by atoms with Crippen LogP contribution in [0, 0.1) is 0 Å². The molecule has 0 atom stereocenters. The molecule has 0 fully saturated rings. The van der Waals surface area contributed by atoms with Crippen LogP contribution in [-0.2, 0) is 4.74 Å². The first-order valence-corrected chi connectivity index (χ1v) is 6.22. The molecule has 0 spiro atoms. The average Bonchev–Trinajstić information content (AvgIpc) is 2.34. The SMILES string of the molecule is CN(C)CCOCCNc1ccc(C(N)=S)nc1. The Kier molecular flexibility index (Phi) is 6.56. The molecule has 0 unspecified atom stereocenters. The molecule has 6 heteroatoms. The Labute approximate surface area is 113 Å². The highest BCUT2D eigenvalue weighted by Crippen LogP contribution is 2.05. The summed E-state index contributed by atoms with van der Waals surface area (Å²) in [6.45, 7) is 3.10. The lowest BCUT2D eigenvalue weighted by Gasteiger charge is -2.10. The van der Waals surface area contributed by atoms with E-state index in [0.29, 0.717) is 17.3 Å². The van der Waals surface area contributed by atoms with Crippen LogP contribution in [0.3, 0.4) is 0 Å². The van der Waals surface area contributed by atoms with Crippen LogP contribution in [0.4, 0.5) is 5.69 Å². The highest BCUT2D eigenvalue weighted by molar-refractivity contribution is 7.80. The van der Waals surface area contributed by atoms with Crippen LogP contribution in [-0.4, -0.2) is 55.3 Å². The number of hydrogen-bond donors (Lipinski definition) is 2. The summed E-state index contributed by atoms with van der Waals surface area (Å²) in [6.07, 6.45) is 1.72. The summed E-state index contributed by atoms with van der Waals surface area (Å²) in [5.74, 6) is 0. The lowest BCUT2D eigenvalue weighted by Crippen LogP contribution is -2.20. The summed E-state index contributed by atoms with van der Waals surface area (Å²) < 4.78 is 5.46. The van der Waals surface area contributed by atoms with Gasteiger partial charge >= 0.3 is 0 Å². The van der Waals surface area contributed by atoms with Gasteiger partial charge in [0.15, 0.2) is 0 Å². The van der Waals surface area contributed by atoms with E-state index >= 15 is 0 Å². The molecule has 1 aromatic rings. The van der Waals surface area contributed by atoms with Crippen LogP contribution >= 0.6 is 12.2 Å². The fourth-order valence-electron chi connectivity index (χ4n) is 1.26. The Morgan fingerprint density at radius 1 is 1.44 bits per heavy atom. The highest BCUT2D eigenvalue weighted by atomic mass is 32.1. The molecule has 18 heavy (non-hydrogen) atoms. The molecule has 0 saturated carbocycles. The number of likely N-dealkylation sites (N-methyl/N-ethyl adjacent to an activating group) is 1. The number of aromatic nitrogens is 1. The number of nitrogens with zero attached hydrogens (tertiary/aromatic N) is 2. The van der Waals surface area contributed by atoms with E-state index in [2.05, 4.69) is 15.2 Å². The normalized spacial score (nSPS) is 10.6. The van der Waals surface area contributed by atoms with E-state index in [4.69, 9.17) is 22.7 Å². The Morgan fingerprint density at radius 2 is 2.22 bits per heavy atom. The molecule has 1 heterocycles. The van der Waals surface area contributed by atoms with Crippen LogP contribution in [0.2, 0.25) is 0 Å². The summed E-state index contributed by atoms with van der Waals surface area (Å²) in [5.41, 5.74) is 7.04. The fraction of sp³-hybridized carbons (Fsp3) is 0.500. The van der Waals surface area contributed by atoms with E-state index in [0.717, 1.165) is 25.4 Å². The molecule has 0 radical (unpaired) electrons. The van der Waals surface area contributed by atoms with Crippen molar-refractivity contribution in [3.05, 3.63) is 24.0 Å². The summed E-state index contributed by atoms with van der Waals surface area (Å²) in [7, 11) is 4.05. The van der Waals surface area contributed by atoms with Gasteiger partial charge in [-0.15, -0.1) is 0 Å². The van der Waals surface area contributed by atoms with Crippen LogP contribution in [0.15, 0.2) is 18.3 Å². The Bertz CT molecular complexity index is 367. The summed E-state index contributed by atoms with van der Waals surface area (Å²) in [6, 6.07) is 3.71. The number of ether oxygens (including phenoxy) is 1. The topological polar surface area (TPSA) is 63.4 Å². The number of thiocarbonyl (C=S) groups is 1. The molecule has 0 saturated heterocycles. The van der Waals surface area contributed by atoms with E-state index < -0.39 is 0 Å². The monoisotopic (exact) mass is 268 g/mol. The third kappa shape index (κ3) is 5.90. The van der Waals surface area contributed by atoms with Gasteiger partial charge in [0.25, 0.3) is 0 Å². The van der Waals surface area contributed by atoms with Crippen molar-refractivity contribution >= 4 is 22.9 Å². The number of anilines is 1. The van der Waals surface area contributed by atoms with E-state index in [1.165, 1.54) is 0 Å². The van der Waals surface area contributed by atoms with Gasteiger partial charge in [0.2, 0.25) is 0 Å². The minimum Gasteiger partial charge on any atom is -0.388 e. The summed E-state index contributed by atoms with van der Waals surface area (Å²) in [5, 5.41) is 3.21. The second-order valence-corrected chi connectivity index (χ2v) is 4.58. The molecule has 0 bridgehead atoms. The summed E-state index contributed by atoms with van der Waals surface area (Å²) in [4.78, 5) is 6.54. The maximum atomic E-state index is 5.47. The number of pyridine rings is 1. The second kappa shape index (κ2) is 7.97. The van der Waals surface area contributed by atoms with Crippen LogP contribution in [0.5, 0.6) is 0 Å². The smallest absolute Gasteiger partial charge is 0.122 e. The van der Waals surface area contributed by atoms with E-state index in [9.17, 15) is 0 Å². The van der Waals surface area contributed by atoms with Crippen molar-refractivity contribution in [2.75, 3.05) is 45.7 Å². The minimum absolute atomic E-state index is 0.313. The fourth-order valence-corrected chi connectivity index (χ4v) is 1.38. The van der Waals surface area contributed by atoms with Crippen LogP contribution < -0.4 is 11.1 Å². The molecule has 0 aliphatic heterocycles. The van der Waals surface area contributed by atoms with Crippen molar-refractivity contribution < 1.29 is 4.74 Å². The van der Waals surface area contributed by atoms with Gasteiger partial charge in [-0.25, -0.2) is 0 Å². The van der Waals surface area contributed by atoms with Crippen LogP contribution in [0.1, 0.15) is 5.69 Å². The standard InChI is InChI=1S/C12H20N4OS/c1-16(2)6-8-17-7-5-14-10-3-4-11(12(13)18)15-9-10/h3-4,9,14H,5-8H2,1-2H3,(H2,13,18). The predicted octanol–water partition coefficient (Wildman–Crippen LogP) is 0.706.